The summed E-state index contributed by atoms with van der Waals surface area (Å²) in [5.74, 6) is -1.64. The van der Waals surface area contributed by atoms with Gasteiger partial charge in [0.1, 0.15) is 0 Å². The molecule has 0 bridgehead atoms. The normalized spacial score (nSPS) is 12.1. The van der Waals surface area contributed by atoms with E-state index in [1.807, 2.05) is 0 Å². The highest BCUT2D eigenvalue weighted by Gasteiger charge is 2.18. The van der Waals surface area contributed by atoms with Gasteiger partial charge in [-0.1, -0.05) is 6.07 Å². The van der Waals surface area contributed by atoms with Crippen molar-refractivity contribution in [2.24, 2.45) is 0 Å². The molecular formula is C9H8BrNO4. The first-order valence-corrected chi connectivity index (χ1v) is 4.89. The first-order valence-electron chi connectivity index (χ1n) is 4.10. The molecule has 6 heteroatoms. The average Bonchev–Trinajstić information content (AvgIpc) is 2.15. The van der Waals surface area contributed by atoms with Gasteiger partial charge in [0.15, 0.2) is 0 Å². The molecule has 0 aliphatic carbocycles. The van der Waals surface area contributed by atoms with Crippen LogP contribution in [0.15, 0.2) is 22.7 Å². The fourth-order valence-electron chi connectivity index (χ4n) is 1.08. The number of benzene rings is 1. The minimum Gasteiger partial charge on any atom is -0.481 e. The number of carboxylic acid groups (broad SMARTS) is 1. The van der Waals surface area contributed by atoms with E-state index >= 15 is 0 Å². The van der Waals surface area contributed by atoms with Crippen molar-refractivity contribution in [3.8, 4) is 0 Å². The third kappa shape index (κ3) is 2.53. The third-order valence-electron chi connectivity index (χ3n) is 2.04. The van der Waals surface area contributed by atoms with Crippen LogP contribution in [-0.2, 0) is 4.79 Å². The molecule has 15 heavy (non-hydrogen) atoms. The van der Waals surface area contributed by atoms with Crippen LogP contribution in [0.3, 0.4) is 0 Å². The molecule has 0 amide bonds. The third-order valence-corrected chi connectivity index (χ3v) is 2.67. The molecule has 0 spiro atoms. The SMILES string of the molecule is CC(C(=O)O)c1ccc([N+](=O)[O-])c(Br)c1. The summed E-state index contributed by atoms with van der Waals surface area (Å²) in [5.41, 5.74) is 0.455. The van der Waals surface area contributed by atoms with Crippen LogP contribution in [0.1, 0.15) is 18.4 Å². The molecule has 1 aromatic rings. The Kier molecular flexibility index (Phi) is 3.41. The molecule has 0 aliphatic heterocycles. The van der Waals surface area contributed by atoms with E-state index in [9.17, 15) is 14.9 Å². The van der Waals surface area contributed by atoms with E-state index < -0.39 is 16.8 Å². The molecule has 0 aromatic heterocycles. The van der Waals surface area contributed by atoms with Gasteiger partial charge >= 0.3 is 5.97 Å². The van der Waals surface area contributed by atoms with Crippen LogP contribution < -0.4 is 0 Å². The molecule has 1 aromatic carbocycles. The van der Waals surface area contributed by atoms with E-state index in [-0.39, 0.29) is 10.2 Å². The monoisotopic (exact) mass is 273 g/mol. The summed E-state index contributed by atoms with van der Waals surface area (Å²) in [6.45, 7) is 1.52. The highest BCUT2D eigenvalue weighted by molar-refractivity contribution is 9.10. The van der Waals surface area contributed by atoms with Gasteiger partial charge in [0.25, 0.3) is 5.69 Å². The van der Waals surface area contributed by atoms with Gasteiger partial charge in [-0.25, -0.2) is 0 Å². The Hall–Kier alpha value is -1.43. The number of nitrogens with zero attached hydrogens (tertiary/aromatic N) is 1. The molecule has 0 saturated heterocycles. The minimum absolute atomic E-state index is 0.0728. The molecule has 0 aliphatic rings. The van der Waals surface area contributed by atoms with Gasteiger partial charge in [-0.2, -0.15) is 0 Å². The van der Waals surface area contributed by atoms with Crippen molar-refractivity contribution in [1.82, 2.24) is 0 Å². The van der Waals surface area contributed by atoms with Crippen LogP contribution in [-0.4, -0.2) is 16.0 Å². The number of nitro benzene ring substituents is 1. The number of carbonyl (C=O) groups is 1. The Morgan fingerprint density at radius 3 is 2.60 bits per heavy atom. The second kappa shape index (κ2) is 4.39. The fourth-order valence-corrected chi connectivity index (χ4v) is 1.62. The van der Waals surface area contributed by atoms with Crippen molar-refractivity contribution >= 4 is 27.6 Å². The van der Waals surface area contributed by atoms with Gasteiger partial charge < -0.3 is 5.11 Å². The minimum atomic E-state index is -0.962. The first-order chi connectivity index (χ1) is 6.93. The van der Waals surface area contributed by atoms with Crippen LogP contribution in [0, 0.1) is 10.1 Å². The topological polar surface area (TPSA) is 80.4 Å². The van der Waals surface area contributed by atoms with Crippen molar-refractivity contribution in [1.29, 1.82) is 0 Å². The lowest BCUT2D eigenvalue weighted by molar-refractivity contribution is -0.385. The number of rotatable bonds is 3. The van der Waals surface area contributed by atoms with Crippen molar-refractivity contribution in [2.45, 2.75) is 12.8 Å². The summed E-state index contributed by atoms with van der Waals surface area (Å²) in [6.07, 6.45) is 0. The van der Waals surface area contributed by atoms with Crippen LogP contribution >= 0.6 is 15.9 Å². The van der Waals surface area contributed by atoms with Gasteiger partial charge in [-0.05, 0) is 34.5 Å². The molecule has 0 heterocycles. The van der Waals surface area contributed by atoms with E-state index in [2.05, 4.69) is 15.9 Å². The second-order valence-corrected chi connectivity index (χ2v) is 3.88. The average molecular weight is 274 g/mol. The largest absolute Gasteiger partial charge is 0.481 e. The van der Waals surface area contributed by atoms with Crippen LogP contribution in [0.4, 0.5) is 5.69 Å². The van der Waals surface area contributed by atoms with Crippen molar-refractivity contribution in [3.63, 3.8) is 0 Å². The number of halogens is 1. The molecule has 80 valence electrons. The summed E-state index contributed by atoms with van der Waals surface area (Å²) < 4.78 is 0.290. The second-order valence-electron chi connectivity index (χ2n) is 3.03. The van der Waals surface area contributed by atoms with Crippen LogP contribution in [0.5, 0.6) is 0 Å². The highest BCUT2D eigenvalue weighted by atomic mass is 79.9. The maximum Gasteiger partial charge on any atom is 0.310 e. The Labute approximate surface area is 94.0 Å². The Balaban J connectivity index is 3.12. The quantitative estimate of drug-likeness (QED) is 0.678. The van der Waals surface area contributed by atoms with Crippen molar-refractivity contribution < 1.29 is 14.8 Å². The molecule has 1 atom stereocenters. The number of hydrogen-bond donors (Lipinski definition) is 1. The summed E-state index contributed by atoms with van der Waals surface area (Å²) >= 11 is 3.03. The van der Waals surface area contributed by atoms with Crippen LogP contribution in [0.25, 0.3) is 0 Å². The van der Waals surface area contributed by atoms with Crippen molar-refractivity contribution in [3.05, 3.63) is 38.3 Å². The van der Waals surface area contributed by atoms with Gasteiger partial charge in [-0.15, -0.1) is 0 Å². The summed E-state index contributed by atoms with van der Waals surface area (Å²) in [5, 5.41) is 19.3. The van der Waals surface area contributed by atoms with E-state index in [1.54, 1.807) is 0 Å². The molecule has 1 N–H and O–H groups in total. The van der Waals surface area contributed by atoms with E-state index in [1.165, 1.54) is 25.1 Å². The Bertz CT molecular complexity index is 419. The molecular weight excluding hydrogens is 266 g/mol. The lowest BCUT2D eigenvalue weighted by Gasteiger charge is -2.06. The zero-order valence-corrected chi connectivity index (χ0v) is 9.39. The Morgan fingerprint density at radius 1 is 1.60 bits per heavy atom. The van der Waals surface area contributed by atoms with Gasteiger partial charge in [0.2, 0.25) is 0 Å². The number of carboxylic acids is 1. The van der Waals surface area contributed by atoms with E-state index in [4.69, 9.17) is 5.11 Å². The molecule has 1 unspecified atom stereocenters. The lowest BCUT2D eigenvalue weighted by Crippen LogP contribution is -2.07. The zero-order chi connectivity index (χ0) is 11.6. The fraction of sp³-hybridized carbons (Fsp3) is 0.222. The standard InChI is InChI=1S/C9H8BrNO4/c1-5(9(12)13)6-2-3-8(11(14)15)7(10)4-6/h2-5H,1H3,(H,12,13). The number of aliphatic carboxylic acids is 1. The highest BCUT2D eigenvalue weighted by Crippen LogP contribution is 2.28. The van der Waals surface area contributed by atoms with Gasteiger partial charge in [0, 0.05) is 6.07 Å². The zero-order valence-electron chi connectivity index (χ0n) is 7.81. The smallest absolute Gasteiger partial charge is 0.310 e. The maximum atomic E-state index is 10.7. The molecule has 0 saturated carbocycles. The predicted molar refractivity (Wildman–Crippen MR) is 56.8 cm³/mol. The molecule has 0 fully saturated rings. The van der Waals surface area contributed by atoms with Gasteiger partial charge in [-0.3, -0.25) is 14.9 Å². The molecule has 0 radical (unpaired) electrons. The molecule has 1 rings (SSSR count). The summed E-state index contributed by atoms with van der Waals surface area (Å²) in [4.78, 5) is 20.6. The number of nitro groups is 1. The van der Waals surface area contributed by atoms with Gasteiger partial charge in [0.05, 0.1) is 15.3 Å². The van der Waals surface area contributed by atoms with Crippen molar-refractivity contribution in [2.75, 3.05) is 0 Å². The first kappa shape index (κ1) is 11.6. The van der Waals surface area contributed by atoms with Crippen LogP contribution in [0.2, 0.25) is 0 Å². The summed E-state index contributed by atoms with van der Waals surface area (Å²) in [7, 11) is 0. The molecule has 5 nitrogen and oxygen atoms in total. The number of hydrogen-bond acceptors (Lipinski definition) is 3. The Morgan fingerprint density at radius 2 is 2.20 bits per heavy atom. The lowest BCUT2D eigenvalue weighted by atomic mass is 10.0. The predicted octanol–water partition coefficient (Wildman–Crippen LogP) is 2.55. The summed E-state index contributed by atoms with van der Waals surface area (Å²) in [6, 6.07) is 4.19. The maximum absolute atomic E-state index is 10.7. The van der Waals surface area contributed by atoms with E-state index in [0.29, 0.717) is 5.56 Å². The van der Waals surface area contributed by atoms with E-state index in [0.717, 1.165) is 0 Å².